The van der Waals surface area contributed by atoms with Gasteiger partial charge in [-0.3, -0.25) is 0 Å². The third-order valence-electron chi connectivity index (χ3n) is 4.52. The van der Waals surface area contributed by atoms with Crippen molar-refractivity contribution >= 4 is 23.2 Å². The van der Waals surface area contributed by atoms with E-state index in [-0.39, 0.29) is 6.04 Å². The van der Waals surface area contributed by atoms with E-state index in [9.17, 15) is 0 Å². The highest BCUT2D eigenvalue weighted by Crippen LogP contribution is 2.27. The normalized spacial score (nSPS) is 12.7. The Labute approximate surface area is 148 Å². The number of rotatable bonds is 4. The van der Waals surface area contributed by atoms with Crippen molar-refractivity contribution in [2.45, 2.75) is 13.0 Å². The second-order valence-electron chi connectivity index (χ2n) is 6.16. The van der Waals surface area contributed by atoms with Gasteiger partial charge in [0, 0.05) is 0 Å². The maximum absolute atomic E-state index is 4.85. The summed E-state index contributed by atoms with van der Waals surface area (Å²) in [4.78, 5) is 4.85. The molecule has 122 valence electrons. The molecule has 0 aliphatic carbocycles. The number of nitrogens with zero attached hydrogens (tertiary/aromatic N) is 2. The topological polar surface area (TPSA) is 17.8 Å². The average Bonchev–Trinajstić information content (AvgIpc) is 3.05. The molecule has 4 aromatic rings. The second kappa shape index (κ2) is 6.78. The summed E-state index contributed by atoms with van der Waals surface area (Å²) in [5, 5.41) is 0. The van der Waals surface area contributed by atoms with Crippen molar-refractivity contribution in [3.63, 3.8) is 0 Å². The minimum absolute atomic E-state index is 0.212. The van der Waals surface area contributed by atoms with Gasteiger partial charge in [0.2, 0.25) is 0 Å². The molecule has 0 aliphatic heterocycles. The Bertz CT molecular complexity index is 998. The van der Waals surface area contributed by atoms with Crippen LogP contribution in [0.25, 0.3) is 23.2 Å². The van der Waals surface area contributed by atoms with Crippen LogP contribution in [-0.4, -0.2) is 9.55 Å². The quantitative estimate of drug-likeness (QED) is 0.463. The van der Waals surface area contributed by atoms with Crippen LogP contribution < -0.4 is 0 Å². The van der Waals surface area contributed by atoms with E-state index in [1.807, 2.05) is 12.1 Å². The molecule has 4 rings (SSSR count). The summed E-state index contributed by atoms with van der Waals surface area (Å²) in [6, 6.07) is 29.4. The maximum Gasteiger partial charge on any atom is 0.134 e. The lowest BCUT2D eigenvalue weighted by molar-refractivity contribution is 0.652. The number of hydrogen-bond donors (Lipinski definition) is 0. The van der Waals surface area contributed by atoms with Crippen LogP contribution in [-0.2, 0) is 0 Å². The van der Waals surface area contributed by atoms with E-state index < -0.39 is 0 Å². The summed E-state index contributed by atoms with van der Waals surface area (Å²) in [5.41, 5.74) is 4.64. The molecule has 0 radical (unpaired) electrons. The van der Waals surface area contributed by atoms with Crippen molar-refractivity contribution in [3.8, 4) is 0 Å². The molecule has 25 heavy (non-hydrogen) atoms. The van der Waals surface area contributed by atoms with Crippen molar-refractivity contribution in [1.82, 2.24) is 9.55 Å². The van der Waals surface area contributed by atoms with Crippen LogP contribution in [0.1, 0.15) is 29.9 Å². The molecule has 1 unspecified atom stereocenters. The van der Waals surface area contributed by atoms with Crippen LogP contribution in [0, 0.1) is 0 Å². The van der Waals surface area contributed by atoms with Crippen molar-refractivity contribution in [1.29, 1.82) is 0 Å². The molecule has 0 amide bonds. The number of benzene rings is 3. The van der Waals surface area contributed by atoms with Crippen molar-refractivity contribution in [3.05, 3.63) is 102 Å². The van der Waals surface area contributed by atoms with Gasteiger partial charge in [0.05, 0.1) is 17.1 Å². The van der Waals surface area contributed by atoms with Gasteiger partial charge in [-0.05, 0) is 36.3 Å². The Morgan fingerprint density at radius 2 is 1.40 bits per heavy atom. The van der Waals surface area contributed by atoms with Crippen LogP contribution >= 0.6 is 0 Å². The number of para-hydroxylation sites is 2. The standard InChI is InChI=1S/C23H20N2/c1-18(20-12-6-3-7-13-20)25-22-15-9-8-14-21(22)24-23(25)17-16-19-10-4-2-5-11-19/h2-18H,1H3/b17-16+. The number of imidazole rings is 1. The van der Waals surface area contributed by atoms with Crippen LogP contribution in [0.5, 0.6) is 0 Å². The predicted octanol–water partition coefficient (Wildman–Crippen LogP) is 5.82. The summed E-state index contributed by atoms with van der Waals surface area (Å²) >= 11 is 0. The summed E-state index contributed by atoms with van der Waals surface area (Å²) in [7, 11) is 0. The Hall–Kier alpha value is -3.13. The van der Waals surface area contributed by atoms with E-state index in [0.29, 0.717) is 0 Å². The zero-order valence-corrected chi connectivity index (χ0v) is 14.2. The molecule has 0 bridgehead atoms. The van der Waals surface area contributed by atoms with E-state index in [4.69, 9.17) is 4.98 Å². The minimum atomic E-state index is 0.212. The van der Waals surface area contributed by atoms with Gasteiger partial charge in [-0.2, -0.15) is 0 Å². The molecule has 0 saturated heterocycles. The van der Waals surface area contributed by atoms with Crippen molar-refractivity contribution in [2.75, 3.05) is 0 Å². The lowest BCUT2D eigenvalue weighted by Gasteiger charge is -2.17. The molecule has 0 saturated carbocycles. The first-order valence-electron chi connectivity index (χ1n) is 8.58. The van der Waals surface area contributed by atoms with E-state index in [1.54, 1.807) is 0 Å². The number of aromatic nitrogens is 2. The summed E-state index contributed by atoms with van der Waals surface area (Å²) in [6.45, 7) is 2.23. The summed E-state index contributed by atoms with van der Waals surface area (Å²) < 4.78 is 2.31. The van der Waals surface area contributed by atoms with Gasteiger partial charge < -0.3 is 4.57 Å². The van der Waals surface area contributed by atoms with Gasteiger partial charge in [-0.1, -0.05) is 78.9 Å². The molecule has 1 aromatic heterocycles. The Morgan fingerprint density at radius 1 is 0.760 bits per heavy atom. The number of fused-ring (bicyclic) bond motifs is 1. The number of hydrogen-bond acceptors (Lipinski definition) is 1. The lowest BCUT2D eigenvalue weighted by Crippen LogP contribution is -2.08. The first-order chi connectivity index (χ1) is 12.3. The fourth-order valence-corrected chi connectivity index (χ4v) is 3.20. The Balaban J connectivity index is 1.82. The molecular weight excluding hydrogens is 304 g/mol. The van der Waals surface area contributed by atoms with Gasteiger partial charge in [0.25, 0.3) is 0 Å². The molecule has 0 fully saturated rings. The van der Waals surface area contributed by atoms with E-state index in [2.05, 4.69) is 96.4 Å². The average molecular weight is 324 g/mol. The Morgan fingerprint density at radius 3 is 2.16 bits per heavy atom. The maximum atomic E-state index is 4.85. The molecule has 0 spiro atoms. The van der Waals surface area contributed by atoms with Gasteiger partial charge in [-0.25, -0.2) is 4.98 Å². The highest BCUT2D eigenvalue weighted by molar-refractivity contribution is 5.80. The van der Waals surface area contributed by atoms with Crippen LogP contribution in [0.2, 0.25) is 0 Å². The molecule has 1 heterocycles. The molecule has 2 nitrogen and oxygen atoms in total. The zero-order valence-electron chi connectivity index (χ0n) is 14.2. The zero-order chi connectivity index (χ0) is 17.1. The van der Waals surface area contributed by atoms with E-state index in [1.165, 1.54) is 11.1 Å². The SMILES string of the molecule is CC(c1ccccc1)n1c(/C=C/c2ccccc2)nc2ccccc21. The lowest BCUT2D eigenvalue weighted by atomic mass is 10.1. The predicted molar refractivity (Wildman–Crippen MR) is 105 cm³/mol. The summed E-state index contributed by atoms with van der Waals surface area (Å²) in [5.74, 6) is 0.974. The fourth-order valence-electron chi connectivity index (χ4n) is 3.20. The van der Waals surface area contributed by atoms with Gasteiger partial charge in [0.1, 0.15) is 5.82 Å². The van der Waals surface area contributed by atoms with Crippen molar-refractivity contribution in [2.24, 2.45) is 0 Å². The molecule has 0 N–H and O–H groups in total. The minimum Gasteiger partial charge on any atom is -0.317 e. The van der Waals surface area contributed by atoms with Crippen LogP contribution in [0.4, 0.5) is 0 Å². The molecule has 1 atom stereocenters. The van der Waals surface area contributed by atoms with E-state index >= 15 is 0 Å². The third kappa shape index (κ3) is 3.11. The molecule has 0 aliphatic rings. The van der Waals surface area contributed by atoms with E-state index in [0.717, 1.165) is 16.9 Å². The van der Waals surface area contributed by atoms with Crippen LogP contribution in [0.3, 0.4) is 0 Å². The van der Waals surface area contributed by atoms with Gasteiger partial charge >= 0.3 is 0 Å². The first kappa shape index (κ1) is 15.4. The largest absolute Gasteiger partial charge is 0.317 e. The molecule has 2 heteroatoms. The van der Waals surface area contributed by atoms with Crippen LogP contribution in [0.15, 0.2) is 84.9 Å². The van der Waals surface area contributed by atoms with Gasteiger partial charge in [0.15, 0.2) is 0 Å². The highest BCUT2D eigenvalue weighted by atomic mass is 15.1. The first-order valence-corrected chi connectivity index (χ1v) is 8.58. The fraction of sp³-hybridized carbons (Fsp3) is 0.0870. The second-order valence-corrected chi connectivity index (χ2v) is 6.16. The molecular formula is C23H20N2. The highest BCUT2D eigenvalue weighted by Gasteiger charge is 2.15. The third-order valence-corrected chi connectivity index (χ3v) is 4.52. The smallest absolute Gasteiger partial charge is 0.134 e. The monoisotopic (exact) mass is 324 g/mol. The van der Waals surface area contributed by atoms with Gasteiger partial charge in [-0.15, -0.1) is 0 Å². The van der Waals surface area contributed by atoms with Crippen molar-refractivity contribution < 1.29 is 0 Å². The Kier molecular flexibility index (Phi) is 4.17. The molecule has 3 aromatic carbocycles. The summed E-state index contributed by atoms with van der Waals surface area (Å²) in [6.07, 6.45) is 4.23.